The van der Waals surface area contributed by atoms with Crippen molar-refractivity contribution in [2.45, 2.75) is 26.6 Å². The highest BCUT2D eigenvalue weighted by Gasteiger charge is 2.35. The van der Waals surface area contributed by atoms with Gasteiger partial charge in [0.25, 0.3) is 5.91 Å². The lowest BCUT2D eigenvalue weighted by Crippen LogP contribution is -2.42. The highest BCUT2D eigenvalue weighted by atomic mass is 16.3. The Kier molecular flexibility index (Phi) is 3.37. The molecule has 24 heavy (non-hydrogen) atoms. The van der Waals surface area contributed by atoms with Crippen LogP contribution < -0.4 is 5.32 Å². The van der Waals surface area contributed by atoms with Gasteiger partial charge in [-0.05, 0) is 38.1 Å². The molecule has 0 spiro atoms. The second kappa shape index (κ2) is 5.56. The second-order valence-corrected chi connectivity index (χ2v) is 5.95. The molecule has 1 aromatic carbocycles. The number of hydrogen-bond acceptors (Lipinski definition) is 4. The molecule has 6 heteroatoms. The van der Waals surface area contributed by atoms with Crippen LogP contribution in [0.5, 0.6) is 0 Å². The van der Waals surface area contributed by atoms with Gasteiger partial charge in [0, 0.05) is 16.9 Å². The number of para-hydroxylation sites is 1. The third-order valence-electron chi connectivity index (χ3n) is 4.39. The van der Waals surface area contributed by atoms with E-state index in [4.69, 9.17) is 4.42 Å². The Morgan fingerprint density at radius 1 is 1.21 bits per heavy atom. The molecule has 0 bridgehead atoms. The number of carbonyl (C=O) groups is 1. The standard InChI is InChI=1S/C18H18N4O2/c1-11-16(12(2)21-20-11)17-19-15-8-4-3-7-14(15)18(23)22(17)10-13-6-5-9-24-13/h3-9,17,19H,10H2,1-2H3,(H,20,21)/t17-/m1/s1. The SMILES string of the molecule is Cc1n[nH]c(C)c1[C@@H]1Nc2ccccc2C(=O)N1Cc1ccco1. The fraction of sp³-hybridized carbons (Fsp3) is 0.222. The largest absolute Gasteiger partial charge is 0.467 e. The number of amides is 1. The molecule has 0 unspecified atom stereocenters. The van der Waals surface area contributed by atoms with Crippen LogP contribution >= 0.6 is 0 Å². The molecule has 1 aliphatic rings. The highest BCUT2D eigenvalue weighted by Crippen LogP contribution is 2.36. The Bertz CT molecular complexity index is 863. The lowest BCUT2D eigenvalue weighted by Gasteiger charge is -2.37. The quantitative estimate of drug-likeness (QED) is 0.775. The Morgan fingerprint density at radius 2 is 2.04 bits per heavy atom. The molecule has 1 aliphatic heterocycles. The number of aromatic amines is 1. The summed E-state index contributed by atoms with van der Waals surface area (Å²) >= 11 is 0. The molecule has 0 radical (unpaired) electrons. The molecule has 0 saturated carbocycles. The molecule has 1 atom stereocenters. The first kappa shape index (κ1) is 14.6. The zero-order valence-electron chi connectivity index (χ0n) is 13.5. The van der Waals surface area contributed by atoms with Crippen LogP contribution in [0.4, 0.5) is 5.69 Å². The molecule has 0 fully saturated rings. The normalized spacial score (nSPS) is 16.8. The number of benzene rings is 1. The number of carbonyl (C=O) groups excluding carboxylic acids is 1. The molecule has 0 saturated heterocycles. The van der Waals surface area contributed by atoms with Gasteiger partial charge in [-0.15, -0.1) is 0 Å². The van der Waals surface area contributed by atoms with Gasteiger partial charge in [0.05, 0.1) is 24.1 Å². The molecule has 122 valence electrons. The maximum Gasteiger partial charge on any atom is 0.258 e. The van der Waals surface area contributed by atoms with Crippen molar-refractivity contribution in [1.82, 2.24) is 15.1 Å². The van der Waals surface area contributed by atoms with Gasteiger partial charge in [0.2, 0.25) is 0 Å². The molecule has 6 nitrogen and oxygen atoms in total. The molecule has 2 aromatic heterocycles. The number of nitrogens with one attached hydrogen (secondary N) is 2. The Labute approximate surface area is 139 Å². The minimum absolute atomic E-state index is 0.0225. The van der Waals surface area contributed by atoms with Crippen molar-refractivity contribution in [2.24, 2.45) is 0 Å². The topological polar surface area (TPSA) is 74.2 Å². The number of nitrogens with zero attached hydrogens (tertiary/aromatic N) is 2. The number of fused-ring (bicyclic) bond motifs is 1. The molecule has 3 aromatic rings. The van der Waals surface area contributed by atoms with E-state index in [0.717, 1.165) is 28.4 Å². The predicted molar refractivity (Wildman–Crippen MR) is 89.4 cm³/mol. The molecule has 1 amide bonds. The van der Waals surface area contributed by atoms with Crippen LogP contribution in [0.3, 0.4) is 0 Å². The molecule has 3 heterocycles. The van der Waals surface area contributed by atoms with Gasteiger partial charge in [0.1, 0.15) is 11.9 Å². The Morgan fingerprint density at radius 3 is 2.75 bits per heavy atom. The van der Waals surface area contributed by atoms with Gasteiger partial charge in [-0.2, -0.15) is 5.10 Å². The predicted octanol–water partition coefficient (Wildman–Crippen LogP) is 3.39. The smallest absolute Gasteiger partial charge is 0.258 e. The molecule has 0 aliphatic carbocycles. The summed E-state index contributed by atoms with van der Waals surface area (Å²) in [7, 11) is 0. The van der Waals surface area contributed by atoms with E-state index < -0.39 is 0 Å². The maximum atomic E-state index is 13.1. The van der Waals surface area contributed by atoms with Crippen molar-refractivity contribution in [2.75, 3.05) is 5.32 Å². The first-order valence-corrected chi connectivity index (χ1v) is 7.85. The average molecular weight is 322 g/mol. The summed E-state index contributed by atoms with van der Waals surface area (Å²) in [5.74, 6) is 0.721. The van der Waals surface area contributed by atoms with Crippen LogP contribution in [0.2, 0.25) is 0 Å². The monoisotopic (exact) mass is 322 g/mol. The second-order valence-electron chi connectivity index (χ2n) is 5.95. The van der Waals surface area contributed by atoms with E-state index in [-0.39, 0.29) is 12.1 Å². The number of furan rings is 1. The number of H-pyrrole nitrogens is 1. The van der Waals surface area contributed by atoms with E-state index in [1.54, 1.807) is 11.2 Å². The number of anilines is 1. The van der Waals surface area contributed by atoms with Gasteiger partial charge in [-0.3, -0.25) is 9.89 Å². The number of rotatable bonds is 3. The van der Waals surface area contributed by atoms with Crippen molar-refractivity contribution in [3.8, 4) is 0 Å². The summed E-state index contributed by atoms with van der Waals surface area (Å²) in [6.45, 7) is 4.30. The van der Waals surface area contributed by atoms with Crippen molar-refractivity contribution in [1.29, 1.82) is 0 Å². The van der Waals surface area contributed by atoms with Gasteiger partial charge >= 0.3 is 0 Å². The third kappa shape index (κ3) is 2.27. The lowest BCUT2D eigenvalue weighted by molar-refractivity contribution is 0.0650. The van der Waals surface area contributed by atoms with Crippen LogP contribution in [0, 0.1) is 13.8 Å². The highest BCUT2D eigenvalue weighted by molar-refractivity contribution is 6.01. The van der Waals surface area contributed by atoms with Crippen LogP contribution in [0.1, 0.15) is 39.2 Å². The molecular weight excluding hydrogens is 304 g/mol. The first-order chi connectivity index (χ1) is 11.6. The molecule has 2 N–H and O–H groups in total. The average Bonchev–Trinajstić information content (AvgIpc) is 3.20. The molecule has 4 rings (SSSR count). The number of aromatic nitrogens is 2. The minimum Gasteiger partial charge on any atom is -0.467 e. The van der Waals surface area contributed by atoms with Crippen molar-refractivity contribution < 1.29 is 9.21 Å². The van der Waals surface area contributed by atoms with E-state index >= 15 is 0 Å². The zero-order chi connectivity index (χ0) is 16.7. The third-order valence-corrected chi connectivity index (χ3v) is 4.39. The van der Waals surface area contributed by atoms with Gasteiger partial charge < -0.3 is 14.6 Å². The van der Waals surface area contributed by atoms with Gasteiger partial charge in [-0.25, -0.2) is 0 Å². The van der Waals surface area contributed by atoms with Gasteiger partial charge in [-0.1, -0.05) is 12.1 Å². The van der Waals surface area contributed by atoms with Crippen molar-refractivity contribution in [3.05, 3.63) is 70.9 Å². The summed E-state index contributed by atoms with van der Waals surface area (Å²) in [6.07, 6.45) is 1.32. The Balaban J connectivity index is 1.81. The van der Waals surface area contributed by atoms with Crippen LogP contribution in [0.15, 0.2) is 47.1 Å². The van der Waals surface area contributed by atoms with E-state index in [1.165, 1.54) is 0 Å². The van der Waals surface area contributed by atoms with Gasteiger partial charge in [0.15, 0.2) is 0 Å². The van der Waals surface area contributed by atoms with E-state index in [9.17, 15) is 4.79 Å². The van der Waals surface area contributed by atoms with Crippen LogP contribution in [-0.4, -0.2) is 21.0 Å². The van der Waals surface area contributed by atoms with Crippen LogP contribution in [0.25, 0.3) is 0 Å². The minimum atomic E-state index is -0.295. The number of aryl methyl sites for hydroxylation is 2. The summed E-state index contributed by atoms with van der Waals surface area (Å²) < 4.78 is 5.45. The van der Waals surface area contributed by atoms with E-state index in [2.05, 4.69) is 15.5 Å². The first-order valence-electron chi connectivity index (χ1n) is 7.85. The lowest BCUT2D eigenvalue weighted by atomic mass is 10.0. The fourth-order valence-corrected chi connectivity index (χ4v) is 3.22. The summed E-state index contributed by atoms with van der Waals surface area (Å²) in [4.78, 5) is 14.9. The van der Waals surface area contributed by atoms with E-state index in [0.29, 0.717) is 12.1 Å². The maximum absolute atomic E-state index is 13.1. The molecular formula is C18H18N4O2. The van der Waals surface area contributed by atoms with E-state index in [1.807, 2.05) is 50.2 Å². The summed E-state index contributed by atoms with van der Waals surface area (Å²) in [5, 5.41) is 10.8. The zero-order valence-corrected chi connectivity index (χ0v) is 13.5. The Hall–Kier alpha value is -3.02. The van der Waals surface area contributed by atoms with Crippen molar-refractivity contribution >= 4 is 11.6 Å². The van der Waals surface area contributed by atoms with Crippen LogP contribution in [-0.2, 0) is 6.54 Å². The van der Waals surface area contributed by atoms with Crippen molar-refractivity contribution in [3.63, 3.8) is 0 Å². The summed E-state index contributed by atoms with van der Waals surface area (Å²) in [5.41, 5.74) is 4.31. The summed E-state index contributed by atoms with van der Waals surface area (Å²) in [6, 6.07) is 11.3. The fourth-order valence-electron chi connectivity index (χ4n) is 3.22. The number of hydrogen-bond donors (Lipinski definition) is 2.